The van der Waals surface area contributed by atoms with Gasteiger partial charge in [-0.2, -0.15) is 0 Å². The molecule has 2 aromatic heterocycles. The molecule has 3 unspecified atom stereocenters. The molecule has 0 radical (unpaired) electrons. The maximum atomic E-state index is 14.1. The fourth-order valence-electron chi connectivity index (χ4n) is 5.17. The number of hydrogen-bond donors (Lipinski definition) is 0. The summed E-state index contributed by atoms with van der Waals surface area (Å²) in [6, 6.07) is 3.70. The highest BCUT2D eigenvalue weighted by Gasteiger charge is 2.52. The van der Waals surface area contributed by atoms with E-state index in [-0.39, 0.29) is 17.6 Å². The second-order valence-corrected chi connectivity index (χ2v) is 9.94. The summed E-state index contributed by atoms with van der Waals surface area (Å²) in [6.07, 6.45) is 8.72. The first-order valence-corrected chi connectivity index (χ1v) is 13.7. The van der Waals surface area contributed by atoms with Crippen LogP contribution in [0.5, 0.6) is 0 Å². The van der Waals surface area contributed by atoms with Crippen molar-refractivity contribution in [3.63, 3.8) is 0 Å². The van der Waals surface area contributed by atoms with Crippen molar-refractivity contribution in [2.45, 2.75) is 50.3 Å². The van der Waals surface area contributed by atoms with Crippen molar-refractivity contribution < 1.29 is 9.53 Å². The number of hydrogen-bond acceptors (Lipinski definition) is 6. The second kappa shape index (κ2) is 8.23. The van der Waals surface area contributed by atoms with Crippen molar-refractivity contribution in [2.75, 3.05) is 24.6 Å². The highest BCUT2D eigenvalue weighted by atomic mass is 31.1. The molecule has 2 fully saturated rings. The predicted octanol–water partition coefficient (Wildman–Crippen LogP) is 3.76. The molecule has 10 heteroatoms. The van der Waals surface area contributed by atoms with Crippen LogP contribution >= 0.6 is 17.5 Å². The van der Waals surface area contributed by atoms with Gasteiger partial charge in [0.1, 0.15) is 29.2 Å². The van der Waals surface area contributed by atoms with Crippen LogP contribution in [0, 0.1) is 0 Å². The molecular formula is C21H27N5O3P2. The van der Waals surface area contributed by atoms with Crippen LogP contribution < -0.4 is 10.2 Å². The SMILES string of the molecule is CPN(c1ccncn1)c1cc(C2CCO2)c2n(c1=O)C1(CCCCC1)N(PC)C2=O. The van der Waals surface area contributed by atoms with E-state index in [2.05, 4.69) is 9.97 Å². The number of ether oxygens (including phenoxy) is 1. The fourth-order valence-corrected chi connectivity index (χ4v) is 6.98. The molecule has 0 bridgehead atoms. The molecule has 1 aliphatic carbocycles. The first kappa shape index (κ1) is 21.0. The monoisotopic (exact) mass is 459 g/mol. The molecule has 0 N–H and O–H groups in total. The number of rotatable bonds is 5. The lowest BCUT2D eigenvalue weighted by molar-refractivity contribution is -0.0534. The van der Waals surface area contributed by atoms with E-state index in [0.29, 0.717) is 41.3 Å². The normalized spacial score (nSPS) is 22.6. The van der Waals surface area contributed by atoms with Crippen LogP contribution in [-0.4, -0.2) is 45.0 Å². The van der Waals surface area contributed by atoms with Gasteiger partial charge < -0.3 is 9.41 Å². The standard InChI is InChI=1S/C21H27N5O3P2/c1-30-25(17-6-10-22-13-23-17)15-12-14(16-7-11-29-16)18-20(28)26(31-2)21(24(18)19(15)27)8-4-3-5-9-21/h6,10,12-13,16,30-31H,3-5,7-9,11H2,1-2H3. The van der Waals surface area contributed by atoms with Gasteiger partial charge in [-0.05, 0) is 68.6 Å². The predicted molar refractivity (Wildman–Crippen MR) is 124 cm³/mol. The quantitative estimate of drug-likeness (QED) is 0.634. The molecule has 1 saturated carbocycles. The summed E-state index contributed by atoms with van der Waals surface area (Å²) in [7, 11) is 0.612. The van der Waals surface area contributed by atoms with E-state index in [1.165, 1.54) is 6.33 Å². The second-order valence-electron chi connectivity index (χ2n) is 8.16. The zero-order chi connectivity index (χ0) is 21.6. The molecule has 2 aliphatic heterocycles. The van der Waals surface area contributed by atoms with E-state index in [1.54, 1.807) is 6.20 Å². The molecule has 1 amide bonds. The molecule has 3 atom stereocenters. The van der Waals surface area contributed by atoms with Gasteiger partial charge in [0, 0.05) is 18.2 Å². The Bertz CT molecular complexity index is 1050. The van der Waals surface area contributed by atoms with E-state index in [1.807, 2.05) is 39.4 Å². The Hall–Kier alpha value is -1.88. The fraction of sp³-hybridized carbons (Fsp3) is 0.524. The molecule has 2 aromatic rings. The van der Waals surface area contributed by atoms with Crippen molar-refractivity contribution in [1.82, 2.24) is 19.2 Å². The zero-order valence-corrected chi connectivity index (χ0v) is 19.8. The van der Waals surface area contributed by atoms with Crippen LogP contribution in [0.25, 0.3) is 0 Å². The van der Waals surface area contributed by atoms with Gasteiger partial charge >= 0.3 is 0 Å². The first-order chi connectivity index (χ1) is 15.1. The molecule has 164 valence electrons. The summed E-state index contributed by atoms with van der Waals surface area (Å²) in [5, 5.41) is 0. The molecular weight excluding hydrogens is 432 g/mol. The average molecular weight is 459 g/mol. The van der Waals surface area contributed by atoms with Gasteiger partial charge in [-0.1, -0.05) is 6.42 Å². The number of nitrogens with zero attached hydrogens (tertiary/aromatic N) is 5. The van der Waals surface area contributed by atoms with Gasteiger partial charge in [-0.25, -0.2) is 9.97 Å². The van der Waals surface area contributed by atoms with Gasteiger partial charge in [0.15, 0.2) is 0 Å². The minimum absolute atomic E-state index is 0.0237. The number of carbonyl (C=O) groups excluding carboxylic acids is 1. The summed E-state index contributed by atoms with van der Waals surface area (Å²) in [5.74, 6) is 0.662. The topological polar surface area (TPSA) is 80.6 Å². The van der Waals surface area contributed by atoms with E-state index in [4.69, 9.17) is 4.74 Å². The number of fused-ring (bicyclic) bond motifs is 2. The van der Waals surface area contributed by atoms with Gasteiger partial charge in [0.05, 0.1) is 12.7 Å². The van der Waals surface area contributed by atoms with Crippen molar-refractivity contribution in [1.29, 1.82) is 0 Å². The summed E-state index contributed by atoms with van der Waals surface area (Å²) >= 11 is 0. The molecule has 31 heavy (non-hydrogen) atoms. The van der Waals surface area contributed by atoms with Gasteiger partial charge in [-0.15, -0.1) is 0 Å². The molecule has 8 nitrogen and oxygen atoms in total. The van der Waals surface area contributed by atoms with E-state index < -0.39 is 5.66 Å². The third-order valence-corrected chi connectivity index (χ3v) is 8.62. The Labute approximate surface area is 185 Å². The van der Waals surface area contributed by atoms with E-state index in [0.717, 1.165) is 44.1 Å². The number of pyridine rings is 1. The van der Waals surface area contributed by atoms with Crippen LogP contribution in [-0.2, 0) is 10.4 Å². The van der Waals surface area contributed by atoms with Crippen LogP contribution in [0.4, 0.5) is 11.5 Å². The third kappa shape index (κ3) is 3.14. The van der Waals surface area contributed by atoms with Gasteiger partial charge in [-0.3, -0.25) is 18.8 Å². The van der Waals surface area contributed by atoms with Gasteiger partial charge in [0.2, 0.25) is 0 Å². The maximum Gasteiger partial charge on any atom is 0.277 e. The van der Waals surface area contributed by atoms with Crippen LogP contribution in [0.2, 0.25) is 0 Å². The smallest absolute Gasteiger partial charge is 0.277 e. The summed E-state index contributed by atoms with van der Waals surface area (Å²) in [6.45, 7) is 4.74. The Morgan fingerprint density at radius 2 is 2.00 bits per heavy atom. The lowest BCUT2D eigenvalue weighted by Crippen LogP contribution is -2.48. The van der Waals surface area contributed by atoms with Crippen molar-refractivity contribution in [3.8, 4) is 0 Å². The Morgan fingerprint density at radius 1 is 1.23 bits per heavy atom. The summed E-state index contributed by atoms with van der Waals surface area (Å²) < 4.78 is 11.6. The highest BCUT2D eigenvalue weighted by molar-refractivity contribution is 7.39. The molecule has 0 aromatic carbocycles. The van der Waals surface area contributed by atoms with Crippen LogP contribution in [0.15, 0.2) is 29.5 Å². The molecule has 1 saturated heterocycles. The number of aromatic nitrogens is 3. The Kier molecular flexibility index (Phi) is 5.58. The number of amides is 1. The molecule has 1 spiro atoms. The van der Waals surface area contributed by atoms with Crippen molar-refractivity contribution >= 4 is 34.9 Å². The first-order valence-electron chi connectivity index (χ1n) is 10.8. The maximum absolute atomic E-state index is 14.1. The largest absolute Gasteiger partial charge is 0.373 e. The minimum atomic E-state index is -0.558. The Morgan fingerprint density at radius 3 is 2.58 bits per heavy atom. The van der Waals surface area contributed by atoms with E-state index >= 15 is 0 Å². The van der Waals surface area contributed by atoms with E-state index in [9.17, 15) is 9.59 Å². The zero-order valence-electron chi connectivity index (χ0n) is 17.8. The molecule has 5 rings (SSSR count). The van der Waals surface area contributed by atoms with Crippen molar-refractivity contribution in [2.24, 2.45) is 0 Å². The number of carbonyl (C=O) groups is 1. The van der Waals surface area contributed by atoms with Gasteiger partial charge in [0.25, 0.3) is 11.5 Å². The summed E-state index contributed by atoms with van der Waals surface area (Å²) in [5.41, 5.74) is 1.28. The molecule has 4 heterocycles. The molecule has 3 aliphatic rings. The Balaban J connectivity index is 1.77. The highest BCUT2D eigenvalue weighted by Crippen LogP contribution is 2.50. The minimum Gasteiger partial charge on any atom is -0.373 e. The average Bonchev–Trinajstić information content (AvgIpc) is 2.99. The van der Waals surface area contributed by atoms with Crippen molar-refractivity contribution in [3.05, 3.63) is 46.3 Å². The number of anilines is 2. The lowest BCUT2D eigenvalue weighted by atomic mass is 9.89. The summed E-state index contributed by atoms with van der Waals surface area (Å²) in [4.78, 5) is 36.1. The van der Waals surface area contributed by atoms with Crippen LogP contribution in [0.3, 0.4) is 0 Å². The third-order valence-electron chi connectivity index (χ3n) is 6.63. The van der Waals surface area contributed by atoms with Crippen LogP contribution in [0.1, 0.15) is 60.7 Å². The lowest BCUT2D eigenvalue weighted by Gasteiger charge is -2.42.